The second kappa shape index (κ2) is 9.10. The van der Waals surface area contributed by atoms with Gasteiger partial charge in [0.25, 0.3) is 0 Å². The summed E-state index contributed by atoms with van der Waals surface area (Å²) in [5, 5.41) is 3.42. The molecule has 3 aliphatic rings. The van der Waals surface area contributed by atoms with E-state index in [4.69, 9.17) is 14.2 Å². The van der Waals surface area contributed by atoms with Crippen molar-refractivity contribution in [3.8, 4) is 0 Å². The van der Waals surface area contributed by atoms with Gasteiger partial charge >= 0.3 is 6.09 Å². The minimum atomic E-state index is -0.459. The Hall–Kier alpha value is -1.54. The number of hydrogen-bond acceptors (Lipinski definition) is 7. The van der Waals surface area contributed by atoms with Gasteiger partial charge in [0.05, 0.1) is 25.3 Å². The van der Waals surface area contributed by atoms with Crippen LogP contribution in [-0.2, 0) is 14.2 Å². The molecule has 0 aromatic rings. The zero-order valence-electron chi connectivity index (χ0n) is 16.9. The highest BCUT2D eigenvalue weighted by Crippen LogP contribution is 2.18. The number of nitrogens with zero attached hydrogens (tertiary/aromatic N) is 3. The summed E-state index contributed by atoms with van der Waals surface area (Å²) in [4.78, 5) is 20.9. The van der Waals surface area contributed by atoms with Gasteiger partial charge in [-0.2, -0.15) is 0 Å². The van der Waals surface area contributed by atoms with E-state index in [-0.39, 0.29) is 12.1 Å². The lowest BCUT2D eigenvalue weighted by molar-refractivity contribution is 0.0136. The highest BCUT2D eigenvalue weighted by Gasteiger charge is 2.36. The Morgan fingerprint density at radius 3 is 2.96 bits per heavy atom. The average Bonchev–Trinajstić information content (AvgIpc) is 3.26. The highest BCUT2D eigenvalue weighted by atomic mass is 16.6. The summed E-state index contributed by atoms with van der Waals surface area (Å²) in [7, 11) is 0. The Bertz CT molecular complexity index is 528. The van der Waals surface area contributed by atoms with E-state index in [0.717, 1.165) is 58.1 Å². The summed E-state index contributed by atoms with van der Waals surface area (Å²) in [6, 6.07) is 0.240. The number of guanidine groups is 1. The predicted molar refractivity (Wildman–Crippen MR) is 103 cm³/mol. The first-order chi connectivity index (χ1) is 12.9. The molecule has 2 unspecified atom stereocenters. The van der Waals surface area contributed by atoms with E-state index < -0.39 is 5.60 Å². The third-order valence-electron chi connectivity index (χ3n) is 4.93. The standard InChI is InChI=1S/C19H34N4O4/c1-19(2,3)27-18(24)22-8-9-23-15(13-22)12-21-17(23)20-7-5-10-25-14-16-6-4-11-26-16/h15-16H,4-14H2,1-3H3,(H,20,21). The maximum Gasteiger partial charge on any atom is 0.410 e. The Balaban J connectivity index is 1.31. The maximum atomic E-state index is 12.3. The zero-order valence-corrected chi connectivity index (χ0v) is 16.9. The fraction of sp³-hybridized carbons (Fsp3) is 0.895. The Kier molecular flexibility index (Phi) is 6.81. The molecule has 0 bridgehead atoms. The fourth-order valence-electron chi connectivity index (χ4n) is 3.59. The lowest BCUT2D eigenvalue weighted by Gasteiger charge is -2.39. The molecule has 0 radical (unpaired) electrons. The van der Waals surface area contributed by atoms with Gasteiger partial charge in [0.1, 0.15) is 5.60 Å². The number of nitrogens with one attached hydrogen (secondary N) is 1. The van der Waals surface area contributed by atoms with Gasteiger partial charge in [0, 0.05) is 39.4 Å². The van der Waals surface area contributed by atoms with E-state index in [0.29, 0.717) is 25.8 Å². The van der Waals surface area contributed by atoms with E-state index >= 15 is 0 Å². The van der Waals surface area contributed by atoms with Crippen LogP contribution in [0.2, 0.25) is 0 Å². The number of fused-ring (bicyclic) bond motifs is 1. The number of aliphatic imine (C=N–C) groups is 1. The molecule has 3 rings (SSSR count). The minimum absolute atomic E-state index is 0.230. The minimum Gasteiger partial charge on any atom is -0.444 e. The van der Waals surface area contributed by atoms with Crippen LogP contribution in [0.4, 0.5) is 4.79 Å². The van der Waals surface area contributed by atoms with Crippen LogP contribution < -0.4 is 5.32 Å². The number of rotatable bonds is 6. The molecule has 2 fully saturated rings. The summed E-state index contributed by atoms with van der Waals surface area (Å²) in [6.45, 7) is 11.7. The first kappa shape index (κ1) is 20.2. The smallest absolute Gasteiger partial charge is 0.410 e. The first-order valence-corrected chi connectivity index (χ1v) is 10.1. The van der Waals surface area contributed by atoms with Crippen molar-refractivity contribution in [3.05, 3.63) is 0 Å². The number of amides is 1. The molecule has 8 heteroatoms. The number of hydrogen-bond donors (Lipinski definition) is 1. The molecule has 2 atom stereocenters. The van der Waals surface area contributed by atoms with Gasteiger partial charge in [-0.3, -0.25) is 4.99 Å². The van der Waals surface area contributed by atoms with Crippen LogP contribution in [-0.4, -0.2) is 92.1 Å². The molecule has 0 aromatic carbocycles. The number of carbonyl (C=O) groups excluding carboxylic acids is 1. The summed E-state index contributed by atoms with van der Waals surface area (Å²) in [5.41, 5.74) is -0.459. The average molecular weight is 383 g/mol. The van der Waals surface area contributed by atoms with E-state index in [2.05, 4.69) is 15.2 Å². The monoisotopic (exact) mass is 382 g/mol. The summed E-state index contributed by atoms with van der Waals surface area (Å²) >= 11 is 0. The van der Waals surface area contributed by atoms with E-state index in [9.17, 15) is 4.79 Å². The molecule has 0 saturated carbocycles. The molecule has 154 valence electrons. The second-order valence-corrected chi connectivity index (χ2v) is 8.43. The molecule has 1 N–H and O–H groups in total. The van der Waals surface area contributed by atoms with Gasteiger partial charge in [-0.15, -0.1) is 0 Å². The fourth-order valence-corrected chi connectivity index (χ4v) is 3.59. The largest absolute Gasteiger partial charge is 0.444 e. The van der Waals surface area contributed by atoms with Crippen LogP contribution in [0, 0.1) is 0 Å². The molecule has 0 aliphatic carbocycles. The molecular formula is C19H34N4O4. The Morgan fingerprint density at radius 2 is 2.22 bits per heavy atom. The van der Waals surface area contributed by atoms with Crippen LogP contribution in [0.15, 0.2) is 4.99 Å². The molecule has 27 heavy (non-hydrogen) atoms. The summed E-state index contributed by atoms with van der Waals surface area (Å²) < 4.78 is 16.7. The van der Waals surface area contributed by atoms with Crippen LogP contribution in [0.1, 0.15) is 40.0 Å². The van der Waals surface area contributed by atoms with Crippen molar-refractivity contribution in [3.63, 3.8) is 0 Å². The van der Waals surface area contributed by atoms with E-state index in [1.807, 2.05) is 20.8 Å². The number of carbonyl (C=O) groups is 1. The van der Waals surface area contributed by atoms with E-state index in [1.54, 1.807) is 4.90 Å². The Morgan fingerprint density at radius 1 is 1.37 bits per heavy atom. The van der Waals surface area contributed by atoms with Gasteiger partial charge in [-0.25, -0.2) is 4.79 Å². The molecule has 0 aromatic heterocycles. The molecule has 1 amide bonds. The van der Waals surface area contributed by atoms with Gasteiger partial charge in [-0.1, -0.05) is 0 Å². The molecule has 0 spiro atoms. The first-order valence-electron chi connectivity index (χ1n) is 10.1. The summed E-state index contributed by atoms with van der Waals surface area (Å²) in [5.74, 6) is 0.947. The second-order valence-electron chi connectivity index (χ2n) is 8.43. The number of ether oxygens (including phenoxy) is 3. The lowest BCUT2D eigenvalue weighted by atomic mass is 10.2. The SMILES string of the molecule is CC(C)(C)OC(=O)N1CCN2C(NCCCOCC3CCCO3)=NCC2C1. The van der Waals surface area contributed by atoms with Crippen molar-refractivity contribution >= 4 is 12.1 Å². The molecular weight excluding hydrogens is 348 g/mol. The molecule has 3 aliphatic heterocycles. The lowest BCUT2D eigenvalue weighted by Crippen LogP contribution is -2.57. The quantitative estimate of drug-likeness (QED) is 0.701. The van der Waals surface area contributed by atoms with Crippen LogP contribution in [0.5, 0.6) is 0 Å². The maximum absolute atomic E-state index is 12.3. The third kappa shape index (κ3) is 5.97. The van der Waals surface area contributed by atoms with Crippen molar-refractivity contribution in [1.29, 1.82) is 0 Å². The Labute approximate surface area is 162 Å². The van der Waals surface area contributed by atoms with Crippen molar-refractivity contribution < 1.29 is 19.0 Å². The van der Waals surface area contributed by atoms with E-state index in [1.165, 1.54) is 0 Å². The molecule has 3 heterocycles. The van der Waals surface area contributed by atoms with Crippen LogP contribution in [0.25, 0.3) is 0 Å². The van der Waals surface area contributed by atoms with Crippen molar-refractivity contribution in [2.45, 2.75) is 57.8 Å². The van der Waals surface area contributed by atoms with Crippen molar-refractivity contribution in [2.24, 2.45) is 4.99 Å². The predicted octanol–water partition coefficient (Wildman–Crippen LogP) is 1.45. The van der Waals surface area contributed by atoms with Gasteiger partial charge in [0.2, 0.25) is 0 Å². The van der Waals surface area contributed by atoms with Gasteiger partial charge in [0.15, 0.2) is 5.96 Å². The number of piperazine rings is 1. The van der Waals surface area contributed by atoms with Crippen molar-refractivity contribution in [2.75, 3.05) is 52.5 Å². The normalized spacial score (nSPS) is 25.4. The third-order valence-corrected chi connectivity index (χ3v) is 4.93. The van der Waals surface area contributed by atoms with Gasteiger partial charge in [-0.05, 0) is 40.0 Å². The van der Waals surface area contributed by atoms with Gasteiger partial charge < -0.3 is 29.3 Å². The highest BCUT2D eigenvalue weighted by molar-refractivity contribution is 5.82. The molecule has 8 nitrogen and oxygen atoms in total. The van der Waals surface area contributed by atoms with Crippen LogP contribution in [0.3, 0.4) is 0 Å². The summed E-state index contributed by atoms with van der Waals surface area (Å²) in [6.07, 6.45) is 3.27. The topological polar surface area (TPSA) is 75.6 Å². The van der Waals surface area contributed by atoms with Crippen LogP contribution >= 0.6 is 0 Å². The zero-order chi connectivity index (χ0) is 19.3. The van der Waals surface area contributed by atoms with Crippen molar-refractivity contribution in [1.82, 2.24) is 15.1 Å². The molecule has 2 saturated heterocycles.